The van der Waals surface area contributed by atoms with Gasteiger partial charge in [0.05, 0.1) is 0 Å². The first-order valence-corrected chi connectivity index (χ1v) is 5.99. The Morgan fingerprint density at radius 1 is 1.27 bits per heavy atom. The minimum atomic E-state index is 0.0366. The van der Waals surface area contributed by atoms with E-state index in [2.05, 4.69) is 26.1 Å². The molecule has 0 bridgehead atoms. The van der Waals surface area contributed by atoms with Gasteiger partial charge in [0.1, 0.15) is 0 Å². The van der Waals surface area contributed by atoms with Crippen LogP contribution in [0.2, 0.25) is 0 Å². The number of hydrogen-bond acceptors (Lipinski definition) is 1. The van der Waals surface area contributed by atoms with E-state index in [4.69, 9.17) is 0 Å². The van der Waals surface area contributed by atoms with Gasteiger partial charge in [-0.3, -0.25) is 0 Å². The fourth-order valence-corrected chi connectivity index (χ4v) is 1.37. The highest BCUT2D eigenvalue weighted by Crippen LogP contribution is 2.08. The predicted octanol–water partition coefficient (Wildman–Crippen LogP) is 2.86. The maximum absolute atomic E-state index is 11.5. The molecule has 0 radical (unpaired) electrons. The van der Waals surface area contributed by atoms with Crippen molar-refractivity contribution >= 4 is 6.03 Å². The largest absolute Gasteiger partial charge is 0.336 e. The molecule has 0 aromatic heterocycles. The van der Waals surface area contributed by atoms with E-state index >= 15 is 0 Å². The number of hydrogen-bond donors (Lipinski definition) is 1. The highest BCUT2D eigenvalue weighted by molar-refractivity contribution is 5.74. The van der Waals surface area contributed by atoms with E-state index in [0.717, 1.165) is 18.9 Å². The molecule has 0 heterocycles. The molecule has 1 atom stereocenters. The van der Waals surface area contributed by atoms with Gasteiger partial charge in [-0.25, -0.2) is 4.79 Å². The number of rotatable bonds is 6. The van der Waals surface area contributed by atoms with Crippen molar-refractivity contribution in [1.29, 1.82) is 0 Å². The van der Waals surface area contributed by atoms with Gasteiger partial charge >= 0.3 is 6.03 Å². The van der Waals surface area contributed by atoms with Crippen molar-refractivity contribution < 1.29 is 4.79 Å². The zero-order valence-corrected chi connectivity index (χ0v) is 10.8. The van der Waals surface area contributed by atoms with Crippen LogP contribution in [0.3, 0.4) is 0 Å². The molecule has 3 nitrogen and oxygen atoms in total. The lowest BCUT2D eigenvalue weighted by Gasteiger charge is -2.20. The fraction of sp³-hybridized carbons (Fsp3) is 0.917. The molecule has 90 valence electrons. The van der Waals surface area contributed by atoms with E-state index in [1.54, 1.807) is 4.90 Å². The number of amides is 2. The zero-order chi connectivity index (χ0) is 11.8. The summed E-state index contributed by atoms with van der Waals surface area (Å²) in [7, 11) is 1.82. The van der Waals surface area contributed by atoms with Crippen molar-refractivity contribution in [3.63, 3.8) is 0 Å². The monoisotopic (exact) mass is 214 g/mol. The molecule has 1 unspecified atom stereocenters. The molecule has 0 aromatic rings. The molecule has 0 aliphatic heterocycles. The Labute approximate surface area is 94.2 Å². The third kappa shape index (κ3) is 7.23. The Balaban J connectivity index is 3.64. The van der Waals surface area contributed by atoms with Crippen LogP contribution < -0.4 is 5.32 Å². The van der Waals surface area contributed by atoms with Gasteiger partial charge in [0.25, 0.3) is 0 Å². The normalized spacial score (nSPS) is 12.7. The summed E-state index contributed by atoms with van der Waals surface area (Å²) in [6.45, 7) is 9.26. The van der Waals surface area contributed by atoms with E-state index in [-0.39, 0.29) is 12.1 Å². The summed E-state index contributed by atoms with van der Waals surface area (Å²) in [6.07, 6.45) is 3.50. The van der Waals surface area contributed by atoms with E-state index in [9.17, 15) is 4.79 Å². The minimum absolute atomic E-state index is 0.0366. The molecule has 2 amide bonds. The molecule has 0 saturated heterocycles. The molecular formula is C12H26N2O. The second-order valence-electron chi connectivity index (χ2n) is 4.69. The average Bonchev–Trinajstić information content (AvgIpc) is 2.15. The summed E-state index contributed by atoms with van der Waals surface area (Å²) >= 11 is 0. The maximum atomic E-state index is 11.5. The highest BCUT2D eigenvalue weighted by atomic mass is 16.2. The average molecular weight is 214 g/mol. The van der Waals surface area contributed by atoms with Gasteiger partial charge in [0.2, 0.25) is 0 Å². The lowest BCUT2D eigenvalue weighted by atomic mass is 10.0. The van der Waals surface area contributed by atoms with Gasteiger partial charge in [0.15, 0.2) is 0 Å². The molecule has 0 aliphatic rings. The van der Waals surface area contributed by atoms with Gasteiger partial charge in [0, 0.05) is 19.6 Å². The Morgan fingerprint density at radius 2 is 1.87 bits per heavy atom. The zero-order valence-electron chi connectivity index (χ0n) is 10.8. The summed E-state index contributed by atoms with van der Waals surface area (Å²) in [5.41, 5.74) is 0. The van der Waals surface area contributed by atoms with Crippen molar-refractivity contribution in [3.05, 3.63) is 0 Å². The smallest absolute Gasteiger partial charge is 0.317 e. The van der Waals surface area contributed by atoms with Crippen LogP contribution in [0.4, 0.5) is 4.79 Å². The fourth-order valence-electron chi connectivity index (χ4n) is 1.37. The Hall–Kier alpha value is -0.730. The number of carbonyl (C=O) groups excluding carboxylic acids is 1. The van der Waals surface area contributed by atoms with Gasteiger partial charge in [-0.2, -0.15) is 0 Å². The van der Waals surface area contributed by atoms with Crippen LogP contribution in [-0.2, 0) is 0 Å². The summed E-state index contributed by atoms with van der Waals surface area (Å²) < 4.78 is 0. The lowest BCUT2D eigenvalue weighted by Crippen LogP contribution is -2.41. The molecule has 0 saturated carbocycles. The molecule has 0 fully saturated rings. The lowest BCUT2D eigenvalue weighted by molar-refractivity contribution is 0.206. The van der Waals surface area contributed by atoms with Crippen molar-refractivity contribution in [2.45, 2.75) is 53.0 Å². The van der Waals surface area contributed by atoms with Crippen LogP contribution in [0.25, 0.3) is 0 Å². The van der Waals surface area contributed by atoms with Gasteiger partial charge in [-0.15, -0.1) is 0 Å². The number of urea groups is 1. The van der Waals surface area contributed by atoms with Crippen LogP contribution in [0.5, 0.6) is 0 Å². The molecule has 3 heteroatoms. The highest BCUT2D eigenvalue weighted by Gasteiger charge is 2.09. The quantitative estimate of drug-likeness (QED) is 0.724. The Morgan fingerprint density at radius 3 is 2.33 bits per heavy atom. The van der Waals surface area contributed by atoms with Crippen molar-refractivity contribution in [3.8, 4) is 0 Å². The minimum Gasteiger partial charge on any atom is -0.336 e. The molecule has 0 aromatic carbocycles. The number of nitrogens with zero attached hydrogens (tertiary/aromatic N) is 1. The van der Waals surface area contributed by atoms with E-state index in [1.807, 2.05) is 14.0 Å². The first-order chi connectivity index (χ1) is 6.97. The van der Waals surface area contributed by atoms with E-state index in [1.165, 1.54) is 12.8 Å². The van der Waals surface area contributed by atoms with Crippen LogP contribution in [0, 0.1) is 5.92 Å². The van der Waals surface area contributed by atoms with Gasteiger partial charge in [-0.05, 0) is 26.2 Å². The predicted molar refractivity (Wildman–Crippen MR) is 65.0 cm³/mol. The first-order valence-electron chi connectivity index (χ1n) is 5.99. The molecule has 0 spiro atoms. The standard InChI is InChI=1S/C12H26N2O/c1-6-14(5)12(15)13-11(4)9-7-8-10(2)3/h10-11H,6-9H2,1-5H3,(H,13,15). The van der Waals surface area contributed by atoms with E-state index < -0.39 is 0 Å². The molecular weight excluding hydrogens is 188 g/mol. The first kappa shape index (κ1) is 14.3. The van der Waals surface area contributed by atoms with Crippen LogP contribution >= 0.6 is 0 Å². The maximum Gasteiger partial charge on any atom is 0.317 e. The van der Waals surface area contributed by atoms with Crippen LogP contribution in [-0.4, -0.2) is 30.6 Å². The summed E-state index contributed by atoms with van der Waals surface area (Å²) in [5, 5.41) is 2.99. The Bertz CT molecular complexity index is 180. The summed E-state index contributed by atoms with van der Waals surface area (Å²) in [4.78, 5) is 13.2. The van der Waals surface area contributed by atoms with Crippen molar-refractivity contribution in [2.75, 3.05) is 13.6 Å². The molecule has 0 rings (SSSR count). The summed E-state index contributed by atoms with van der Waals surface area (Å²) in [6, 6.07) is 0.319. The van der Waals surface area contributed by atoms with Crippen LogP contribution in [0.15, 0.2) is 0 Å². The van der Waals surface area contributed by atoms with Gasteiger partial charge in [-0.1, -0.05) is 26.7 Å². The second kappa shape index (κ2) is 7.55. The van der Waals surface area contributed by atoms with E-state index in [0.29, 0.717) is 0 Å². The SMILES string of the molecule is CCN(C)C(=O)NC(C)CCCC(C)C. The van der Waals surface area contributed by atoms with Crippen molar-refractivity contribution in [2.24, 2.45) is 5.92 Å². The second-order valence-corrected chi connectivity index (χ2v) is 4.69. The van der Waals surface area contributed by atoms with Crippen molar-refractivity contribution in [1.82, 2.24) is 10.2 Å². The molecule has 15 heavy (non-hydrogen) atoms. The van der Waals surface area contributed by atoms with Gasteiger partial charge < -0.3 is 10.2 Å². The number of carbonyl (C=O) groups is 1. The molecule has 1 N–H and O–H groups in total. The third-order valence-electron chi connectivity index (χ3n) is 2.61. The molecule has 0 aliphatic carbocycles. The third-order valence-corrected chi connectivity index (χ3v) is 2.61. The summed E-state index contributed by atoms with van der Waals surface area (Å²) in [5.74, 6) is 0.756. The van der Waals surface area contributed by atoms with Crippen LogP contribution in [0.1, 0.15) is 47.0 Å². The Kier molecular flexibility index (Phi) is 7.18. The topological polar surface area (TPSA) is 32.3 Å². The number of nitrogens with one attached hydrogen (secondary N) is 1.